The van der Waals surface area contributed by atoms with Crippen molar-refractivity contribution in [3.05, 3.63) is 106 Å². The van der Waals surface area contributed by atoms with E-state index in [1.807, 2.05) is 85.3 Å². The molecule has 4 rings (SSSR count). The summed E-state index contributed by atoms with van der Waals surface area (Å²) in [6, 6.07) is 22.7. The molecule has 1 heterocycles. The van der Waals surface area contributed by atoms with Crippen LogP contribution in [0.3, 0.4) is 0 Å². The number of methoxy groups -OCH3 is 1. The summed E-state index contributed by atoms with van der Waals surface area (Å²) in [5.74, 6) is -0.848. The van der Waals surface area contributed by atoms with Crippen LogP contribution in [0.4, 0.5) is 5.69 Å². The van der Waals surface area contributed by atoms with Crippen molar-refractivity contribution in [1.29, 1.82) is 5.26 Å². The summed E-state index contributed by atoms with van der Waals surface area (Å²) in [6.45, 7) is 4.49. The number of hydrogen-bond acceptors (Lipinski definition) is 4. The molecule has 0 radical (unpaired) electrons. The van der Waals surface area contributed by atoms with Crippen LogP contribution >= 0.6 is 0 Å². The van der Waals surface area contributed by atoms with Crippen LogP contribution in [-0.4, -0.2) is 23.6 Å². The Balaban J connectivity index is 1.66. The number of fused-ring (bicyclic) bond motifs is 1. The molecule has 0 aliphatic rings. The molecule has 0 saturated carbocycles. The summed E-state index contributed by atoms with van der Waals surface area (Å²) >= 11 is 0. The Labute approximate surface area is 204 Å². The van der Waals surface area contributed by atoms with E-state index in [-0.39, 0.29) is 11.5 Å². The summed E-state index contributed by atoms with van der Waals surface area (Å²) in [6.07, 6.45) is 3.52. The highest BCUT2D eigenvalue weighted by atomic mass is 16.5. The Kier molecular flexibility index (Phi) is 6.79. The highest BCUT2D eigenvalue weighted by molar-refractivity contribution is 6.10. The molecule has 0 unspecified atom stereocenters. The first-order valence-corrected chi connectivity index (χ1v) is 11.1. The Morgan fingerprint density at radius 2 is 1.83 bits per heavy atom. The predicted molar refractivity (Wildman–Crippen MR) is 137 cm³/mol. The normalized spacial score (nSPS) is 11.2. The fourth-order valence-corrected chi connectivity index (χ4v) is 3.95. The van der Waals surface area contributed by atoms with Gasteiger partial charge in [0.1, 0.15) is 11.6 Å². The molecule has 6 nitrogen and oxygen atoms in total. The second-order valence-electron chi connectivity index (χ2n) is 8.34. The van der Waals surface area contributed by atoms with Crippen LogP contribution in [-0.2, 0) is 16.1 Å². The number of anilines is 1. The number of para-hydroxylation sites is 1. The van der Waals surface area contributed by atoms with Gasteiger partial charge in [-0.05, 0) is 66.9 Å². The first kappa shape index (κ1) is 23.5. The van der Waals surface area contributed by atoms with Gasteiger partial charge in [0.25, 0.3) is 5.91 Å². The molecule has 3 aromatic carbocycles. The number of amides is 1. The Morgan fingerprint density at radius 1 is 1.03 bits per heavy atom. The third-order valence-electron chi connectivity index (χ3n) is 5.95. The monoisotopic (exact) mass is 463 g/mol. The third-order valence-corrected chi connectivity index (χ3v) is 5.95. The number of carbonyl (C=O) groups is 2. The molecule has 0 spiro atoms. The fraction of sp³-hybridized carbons (Fsp3) is 0.138. The first-order valence-electron chi connectivity index (χ1n) is 11.1. The van der Waals surface area contributed by atoms with Gasteiger partial charge in [-0.3, -0.25) is 4.79 Å². The van der Waals surface area contributed by atoms with Crippen molar-refractivity contribution < 1.29 is 14.3 Å². The molecule has 0 aliphatic carbocycles. The number of nitrogens with zero attached hydrogens (tertiary/aromatic N) is 2. The average Bonchev–Trinajstić information content (AvgIpc) is 3.21. The molecule has 4 aromatic rings. The molecule has 0 bridgehead atoms. The number of rotatable bonds is 6. The van der Waals surface area contributed by atoms with Crippen molar-refractivity contribution in [3.8, 4) is 6.07 Å². The van der Waals surface area contributed by atoms with Gasteiger partial charge in [-0.15, -0.1) is 0 Å². The van der Waals surface area contributed by atoms with Crippen LogP contribution < -0.4 is 5.32 Å². The minimum Gasteiger partial charge on any atom is -0.465 e. The van der Waals surface area contributed by atoms with Gasteiger partial charge in [-0.2, -0.15) is 5.26 Å². The van der Waals surface area contributed by atoms with E-state index >= 15 is 0 Å². The van der Waals surface area contributed by atoms with Crippen LogP contribution in [0.1, 0.15) is 32.6 Å². The SMILES string of the molecule is COC(=O)c1cccc(Cn2cc(/C=C(/C#N)C(=O)Nc3ccc(C)c(C)c3)c3ccccc32)c1. The Hall–Kier alpha value is -4.63. The van der Waals surface area contributed by atoms with E-state index in [4.69, 9.17) is 4.74 Å². The van der Waals surface area contributed by atoms with Gasteiger partial charge in [0.05, 0.1) is 12.7 Å². The number of esters is 1. The lowest BCUT2D eigenvalue weighted by molar-refractivity contribution is -0.112. The molecule has 0 aliphatic heterocycles. The highest BCUT2D eigenvalue weighted by Crippen LogP contribution is 2.25. The zero-order chi connectivity index (χ0) is 24.9. The van der Waals surface area contributed by atoms with E-state index in [0.29, 0.717) is 17.8 Å². The molecule has 1 N–H and O–H groups in total. The lowest BCUT2D eigenvalue weighted by Crippen LogP contribution is -2.13. The van der Waals surface area contributed by atoms with Crippen molar-refractivity contribution in [2.24, 2.45) is 0 Å². The first-order chi connectivity index (χ1) is 16.9. The van der Waals surface area contributed by atoms with E-state index in [1.165, 1.54) is 7.11 Å². The zero-order valence-electron chi connectivity index (χ0n) is 19.8. The maximum absolute atomic E-state index is 12.9. The quantitative estimate of drug-likeness (QED) is 0.228. The fourth-order valence-electron chi connectivity index (χ4n) is 3.95. The number of aromatic nitrogens is 1. The molecule has 0 fully saturated rings. The standard InChI is InChI=1S/C29H25N3O3/c1-19-11-12-25(13-20(19)2)31-28(33)23(16-30)15-24-18-32(27-10-5-4-9-26(24)27)17-21-7-6-8-22(14-21)29(34)35-3/h4-15,18H,17H2,1-3H3,(H,31,33)/b23-15-. The van der Waals surface area contributed by atoms with Crippen molar-refractivity contribution >= 4 is 34.5 Å². The number of benzene rings is 3. The summed E-state index contributed by atoms with van der Waals surface area (Å²) in [5, 5.41) is 13.5. The third kappa shape index (κ3) is 5.15. The van der Waals surface area contributed by atoms with Crippen LogP contribution in [0.25, 0.3) is 17.0 Å². The number of aryl methyl sites for hydroxylation is 2. The van der Waals surface area contributed by atoms with E-state index in [9.17, 15) is 14.9 Å². The lowest BCUT2D eigenvalue weighted by atomic mass is 10.1. The summed E-state index contributed by atoms with van der Waals surface area (Å²) in [4.78, 5) is 24.8. The number of ether oxygens (including phenoxy) is 1. The molecule has 0 saturated heterocycles. The Bertz CT molecular complexity index is 1510. The van der Waals surface area contributed by atoms with Gasteiger partial charge in [-0.1, -0.05) is 36.4 Å². The maximum Gasteiger partial charge on any atom is 0.337 e. The molecular formula is C29H25N3O3. The number of nitriles is 1. The van der Waals surface area contributed by atoms with Gasteiger partial charge in [-0.25, -0.2) is 4.79 Å². The van der Waals surface area contributed by atoms with Gasteiger partial charge in [0.2, 0.25) is 0 Å². The molecule has 1 aromatic heterocycles. The summed E-state index contributed by atoms with van der Waals surface area (Å²) in [5.41, 5.74) is 5.97. The van der Waals surface area contributed by atoms with Gasteiger partial charge < -0.3 is 14.6 Å². The number of hydrogen-bond donors (Lipinski definition) is 1. The van der Waals surface area contributed by atoms with Crippen LogP contribution in [0.5, 0.6) is 0 Å². The molecule has 35 heavy (non-hydrogen) atoms. The molecule has 6 heteroatoms. The smallest absolute Gasteiger partial charge is 0.337 e. The molecule has 0 atom stereocenters. The predicted octanol–water partition coefficient (Wildman–Crippen LogP) is 5.64. The van der Waals surface area contributed by atoms with Crippen LogP contribution in [0, 0.1) is 25.2 Å². The van der Waals surface area contributed by atoms with Gasteiger partial charge in [0, 0.05) is 34.9 Å². The topological polar surface area (TPSA) is 84.1 Å². The van der Waals surface area contributed by atoms with Crippen molar-refractivity contribution in [2.45, 2.75) is 20.4 Å². The second kappa shape index (κ2) is 10.1. The minimum atomic E-state index is -0.460. The maximum atomic E-state index is 12.9. The van der Waals surface area contributed by atoms with Crippen molar-refractivity contribution in [2.75, 3.05) is 12.4 Å². The van der Waals surface area contributed by atoms with E-state index in [2.05, 4.69) is 5.32 Å². The Morgan fingerprint density at radius 3 is 2.57 bits per heavy atom. The second-order valence-corrected chi connectivity index (χ2v) is 8.34. The van der Waals surface area contributed by atoms with E-state index in [0.717, 1.165) is 33.2 Å². The number of nitrogens with one attached hydrogen (secondary N) is 1. The minimum absolute atomic E-state index is 0.0128. The highest BCUT2D eigenvalue weighted by Gasteiger charge is 2.14. The molecule has 1 amide bonds. The molecule has 174 valence electrons. The lowest BCUT2D eigenvalue weighted by Gasteiger charge is -2.07. The van der Waals surface area contributed by atoms with Crippen molar-refractivity contribution in [3.63, 3.8) is 0 Å². The average molecular weight is 464 g/mol. The zero-order valence-corrected chi connectivity index (χ0v) is 19.8. The van der Waals surface area contributed by atoms with Gasteiger partial charge in [0.15, 0.2) is 0 Å². The van der Waals surface area contributed by atoms with E-state index in [1.54, 1.807) is 18.2 Å². The van der Waals surface area contributed by atoms with Crippen LogP contribution in [0.15, 0.2) is 78.5 Å². The van der Waals surface area contributed by atoms with E-state index < -0.39 is 5.91 Å². The largest absolute Gasteiger partial charge is 0.465 e. The van der Waals surface area contributed by atoms with Gasteiger partial charge >= 0.3 is 5.97 Å². The summed E-state index contributed by atoms with van der Waals surface area (Å²) < 4.78 is 6.86. The summed E-state index contributed by atoms with van der Waals surface area (Å²) in [7, 11) is 1.36. The van der Waals surface area contributed by atoms with Crippen LogP contribution in [0.2, 0.25) is 0 Å². The van der Waals surface area contributed by atoms with Crippen molar-refractivity contribution in [1.82, 2.24) is 4.57 Å². The molecular weight excluding hydrogens is 438 g/mol. The number of carbonyl (C=O) groups excluding carboxylic acids is 2.